The fourth-order valence-corrected chi connectivity index (χ4v) is 3.24. The fraction of sp³-hybridized carbons (Fsp3) is 0.545. The van der Waals surface area contributed by atoms with Crippen molar-refractivity contribution in [2.75, 3.05) is 13.1 Å². The molecule has 0 fully saturated rings. The number of unbranched alkanes of at least 4 members (excludes halogenated alkanes) is 4. The summed E-state index contributed by atoms with van der Waals surface area (Å²) in [6, 6.07) is 0. The Morgan fingerprint density at radius 1 is 0.700 bits per heavy atom. The number of aromatic hydroxyl groups is 4. The highest BCUT2D eigenvalue weighted by atomic mass is 16.5. The molecule has 8 nitrogen and oxygen atoms in total. The SMILES string of the molecule is CCCCCC(=NCCN=C(CCCCC)c1c(O)coc1O)c1c(O)coc1O. The molecule has 0 aliphatic rings. The summed E-state index contributed by atoms with van der Waals surface area (Å²) in [7, 11) is 0. The van der Waals surface area contributed by atoms with Crippen molar-refractivity contribution < 1.29 is 29.3 Å². The molecular formula is C22H32N2O6. The maximum absolute atomic E-state index is 9.98. The van der Waals surface area contributed by atoms with E-state index in [-0.39, 0.29) is 34.5 Å². The summed E-state index contributed by atoms with van der Waals surface area (Å²) in [6.45, 7) is 4.84. The van der Waals surface area contributed by atoms with Crippen LogP contribution in [0.15, 0.2) is 31.3 Å². The topological polar surface area (TPSA) is 132 Å². The van der Waals surface area contributed by atoms with E-state index in [0.29, 0.717) is 37.4 Å². The molecule has 0 spiro atoms. The molecule has 166 valence electrons. The van der Waals surface area contributed by atoms with Crippen molar-refractivity contribution in [1.29, 1.82) is 0 Å². The molecule has 4 N–H and O–H groups in total. The van der Waals surface area contributed by atoms with Crippen molar-refractivity contribution in [1.82, 2.24) is 0 Å². The molecule has 0 saturated heterocycles. The van der Waals surface area contributed by atoms with Crippen molar-refractivity contribution in [3.05, 3.63) is 23.7 Å². The van der Waals surface area contributed by atoms with E-state index < -0.39 is 0 Å². The number of hydrogen-bond acceptors (Lipinski definition) is 8. The van der Waals surface area contributed by atoms with Gasteiger partial charge in [-0.3, -0.25) is 9.98 Å². The number of rotatable bonds is 13. The second-order valence-corrected chi connectivity index (χ2v) is 7.17. The second-order valence-electron chi connectivity index (χ2n) is 7.17. The minimum absolute atomic E-state index is 0.139. The van der Waals surface area contributed by atoms with Crippen molar-refractivity contribution >= 4 is 11.4 Å². The molecule has 30 heavy (non-hydrogen) atoms. The molecule has 0 bridgehead atoms. The molecule has 0 amide bonds. The lowest BCUT2D eigenvalue weighted by Gasteiger charge is -2.07. The van der Waals surface area contributed by atoms with Crippen LogP contribution in [0.1, 0.15) is 76.3 Å². The predicted molar refractivity (Wildman–Crippen MR) is 115 cm³/mol. The Morgan fingerprint density at radius 2 is 1.10 bits per heavy atom. The summed E-state index contributed by atoms with van der Waals surface area (Å²) in [5.74, 6) is -0.973. The number of hydrogen-bond donors (Lipinski definition) is 4. The molecule has 2 aromatic heterocycles. The summed E-state index contributed by atoms with van der Waals surface area (Å²) < 4.78 is 9.78. The summed E-state index contributed by atoms with van der Waals surface area (Å²) >= 11 is 0. The minimum Gasteiger partial charge on any atom is -0.504 e. The molecule has 0 aromatic carbocycles. The molecule has 0 unspecified atom stereocenters. The van der Waals surface area contributed by atoms with Crippen LogP contribution in [0.4, 0.5) is 0 Å². The van der Waals surface area contributed by atoms with Crippen LogP contribution in [0, 0.1) is 0 Å². The van der Waals surface area contributed by atoms with Gasteiger partial charge in [0.05, 0.1) is 24.5 Å². The Labute approximate surface area is 176 Å². The lowest BCUT2D eigenvalue weighted by Crippen LogP contribution is -2.06. The van der Waals surface area contributed by atoms with Crippen LogP contribution in [-0.2, 0) is 0 Å². The van der Waals surface area contributed by atoms with E-state index in [1.54, 1.807) is 0 Å². The molecular weight excluding hydrogens is 388 g/mol. The molecule has 0 aliphatic carbocycles. The normalized spacial score (nSPS) is 12.6. The van der Waals surface area contributed by atoms with Gasteiger partial charge in [-0.2, -0.15) is 0 Å². The molecule has 0 saturated carbocycles. The van der Waals surface area contributed by atoms with Crippen LogP contribution < -0.4 is 0 Å². The van der Waals surface area contributed by atoms with Crippen LogP contribution in [0.3, 0.4) is 0 Å². The van der Waals surface area contributed by atoms with Crippen LogP contribution >= 0.6 is 0 Å². The Bertz CT molecular complexity index is 741. The molecule has 0 aliphatic heterocycles. The van der Waals surface area contributed by atoms with E-state index in [1.807, 2.05) is 0 Å². The summed E-state index contributed by atoms with van der Waals surface area (Å²) in [5.41, 5.74) is 1.60. The zero-order chi connectivity index (χ0) is 21.9. The van der Waals surface area contributed by atoms with E-state index in [9.17, 15) is 20.4 Å². The third-order valence-corrected chi connectivity index (χ3v) is 4.82. The van der Waals surface area contributed by atoms with Gasteiger partial charge in [0, 0.05) is 0 Å². The average Bonchev–Trinajstić information content (AvgIpc) is 3.23. The average molecular weight is 421 g/mol. The van der Waals surface area contributed by atoms with Gasteiger partial charge in [-0.1, -0.05) is 39.5 Å². The maximum Gasteiger partial charge on any atom is 0.295 e. The highest BCUT2D eigenvalue weighted by Crippen LogP contribution is 2.32. The third-order valence-electron chi connectivity index (χ3n) is 4.82. The smallest absolute Gasteiger partial charge is 0.295 e. The first kappa shape index (κ1) is 23.4. The summed E-state index contributed by atoms with van der Waals surface area (Å²) in [5, 5.41) is 39.8. The zero-order valence-electron chi connectivity index (χ0n) is 17.7. The van der Waals surface area contributed by atoms with Gasteiger partial charge in [-0.05, 0) is 25.7 Å². The highest BCUT2D eigenvalue weighted by molar-refractivity contribution is 6.05. The van der Waals surface area contributed by atoms with E-state index in [1.165, 1.54) is 0 Å². The lowest BCUT2D eigenvalue weighted by atomic mass is 10.1. The minimum atomic E-state index is -0.347. The predicted octanol–water partition coefficient (Wildman–Crippen LogP) is 5.13. The van der Waals surface area contributed by atoms with Crippen LogP contribution in [0.5, 0.6) is 23.4 Å². The van der Waals surface area contributed by atoms with Crippen LogP contribution in [0.2, 0.25) is 0 Å². The van der Waals surface area contributed by atoms with Crippen LogP contribution in [0.25, 0.3) is 0 Å². The summed E-state index contributed by atoms with van der Waals surface area (Å²) in [6.07, 6.45) is 9.25. The first-order valence-corrected chi connectivity index (χ1v) is 10.6. The van der Waals surface area contributed by atoms with E-state index in [2.05, 4.69) is 23.8 Å². The summed E-state index contributed by atoms with van der Waals surface area (Å²) in [4.78, 5) is 9.07. The third kappa shape index (κ3) is 6.30. The Balaban J connectivity index is 2.15. The standard InChI is InChI=1S/C22H32N2O6/c1-3-5-7-9-15(19-17(25)13-29-21(19)27)23-11-12-24-16(10-8-6-4-2)20-18(26)14-30-22(20)28/h13-14,25-28H,3-12H2,1-2H3. The van der Waals surface area contributed by atoms with Gasteiger partial charge in [0.1, 0.15) is 23.7 Å². The number of nitrogens with zero attached hydrogens (tertiary/aromatic N) is 2. The van der Waals surface area contributed by atoms with Gasteiger partial charge in [-0.15, -0.1) is 0 Å². The lowest BCUT2D eigenvalue weighted by molar-refractivity contribution is 0.330. The first-order valence-electron chi connectivity index (χ1n) is 10.6. The molecule has 0 radical (unpaired) electrons. The number of aliphatic imine (C=N–C) groups is 2. The maximum atomic E-state index is 9.98. The van der Waals surface area contributed by atoms with E-state index in [4.69, 9.17) is 8.83 Å². The Hall–Kier alpha value is -2.90. The molecule has 2 aromatic rings. The monoisotopic (exact) mass is 420 g/mol. The van der Waals surface area contributed by atoms with Crippen LogP contribution in [-0.4, -0.2) is 44.9 Å². The van der Waals surface area contributed by atoms with E-state index in [0.717, 1.165) is 51.1 Å². The van der Waals surface area contributed by atoms with Crippen molar-refractivity contribution in [2.45, 2.75) is 65.2 Å². The highest BCUT2D eigenvalue weighted by Gasteiger charge is 2.19. The Morgan fingerprint density at radius 3 is 1.40 bits per heavy atom. The zero-order valence-corrected chi connectivity index (χ0v) is 17.7. The van der Waals surface area contributed by atoms with Gasteiger partial charge >= 0.3 is 0 Å². The molecule has 0 atom stereocenters. The van der Waals surface area contributed by atoms with Gasteiger partial charge in [-0.25, -0.2) is 0 Å². The first-order chi connectivity index (χ1) is 14.5. The Kier molecular flexibility index (Phi) is 9.31. The quantitative estimate of drug-likeness (QED) is 0.262. The van der Waals surface area contributed by atoms with Crippen molar-refractivity contribution in [2.24, 2.45) is 9.98 Å². The van der Waals surface area contributed by atoms with E-state index >= 15 is 0 Å². The van der Waals surface area contributed by atoms with Gasteiger partial charge in [0.25, 0.3) is 11.9 Å². The largest absolute Gasteiger partial charge is 0.504 e. The van der Waals surface area contributed by atoms with Gasteiger partial charge < -0.3 is 29.3 Å². The second kappa shape index (κ2) is 11.9. The van der Waals surface area contributed by atoms with Gasteiger partial charge in [0.2, 0.25) is 0 Å². The van der Waals surface area contributed by atoms with Crippen molar-refractivity contribution in [3.63, 3.8) is 0 Å². The fourth-order valence-electron chi connectivity index (χ4n) is 3.24. The van der Waals surface area contributed by atoms with Gasteiger partial charge in [0.15, 0.2) is 11.5 Å². The number of furan rings is 2. The molecule has 2 rings (SSSR count). The van der Waals surface area contributed by atoms with Crippen molar-refractivity contribution in [3.8, 4) is 23.4 Å². The molecule has 2 heterocycles. The molecule has 8 heteroatoms.